The van der Waals surface area contributed by atoms with Crippen LogP contribution in [-0.4, -0.2) is 10.9 Å². The fourth-order valence-electron chi connectivity index (χ4n) is 0.975. The van der Waals surface area contributed by atoms with Crippen LogP contribution in [0.1, 0.15) is 18.9 Å². The third kappa shape index (κ3) is 1.98. The van der Waals surface area contributed by atoms with E-state index < -0.39 is 0 Å². The molecule has 1 aromatic rings. The van der Waals surface area contributed by atoms with Gasteiger partial charge in [-0.05, 0) is 24.1 Å². The number of benzene rings is 1. The summed E-state index contributed by atoms with van der Waals surface area (Å²) >= 11 is 5.70. The van der Waals surface area contributed by atoms with Crippen molar-refractivity contribution in [1.82, 2.24) is 0 Å². The molecule has 0 bridgehead atoms. The Bertz CT molecular complexity index is 279. The molecule has 0 aliphatic heterocycles. The molecule has 0 saturated heterocycles. The lowest BCUT2D eigenvalue weighted by atomic mass is 10.1. The van der Waals surface area contributed by atoms with Crippen molar-refractivity contribution in [3.63, 3.8) is 0 Å². The lowest BCUT2D eigenvalue weighted by Gasteiger charge is -2.00. The molecule has 0 aliphatic rings. The summed E-state index contributed by atoms with van der Waals surface area (Å²) in [4.78, 5) is 0. The van der Waals surface area contributed by atoms with Crippen molar-refractivity contribution in [3.8, 4) is 0 Å². The summed E-state index contributed by atoms with van der Waals surface area (Å²) < 4.78 is 0. The smallest absolute Gasteiger partial charge is 0.0865 e. The molecule has 1 aromatic carbocycles. The van der Waals surface area contributed by atoms with E-state index in [4.69, 9.17) is 16.8 Å². The highest BCUT2D eigenvalue weighted by molar-refractivity contribution is 6.30. The highest BCUT2D eigenvalue weighted by atomic mass is 35.5. The van der Waals surface area contributed by atoms with Crippen LogP contribution >= 0.6 is 11.6 Å². The molecular formula is C9H10ClNO. The van der Waals surface area contributed by atoms with Gasteiger partial charge in [-0.25, -0.2) is 0 Å². The normalized spacial score (nSPS) is 11.7. The van der Waals surface area contributed by atoms with E-state index in [0.29, 0.717) is 17.2 Å². The van der Waals surface area contributed by atoms with Gasteiger partial charge in [-0.1, -0.05) is 35.8 Å². The standard InChI is InChI=1S/C9H10ClNO/c1-2-9(11-12)7-3-5-8(10)6-4-7/h3-6,12H,2H2,1H3/b11-9+. The lowest BCUT2D eigenvalue weighted by Crippen LogP contribution is -1.97. The number of hydrogen-bond donors (Lipinski definition) is 1. The molecule has 0 fully saturated rings. The number of hydrogen-bond acceptors (Lipinski definition) is 2. The average Bonchev–Trinajstić information content (AvgIpc) is 2.10. The fraction of sp³-hybridized carbons (Fsp3) is 0.222. The zero-order valence-electron chi connectivity index (χ0n) is 6.79. The van der Waals surface area contributed by atoms with Gasteiger partial charge < -0.3 is 5.21 Å². The molecule has 0 saturated carbocycles. The van der Waals surface area contributed by atoms with Crippen molar-refractivity contribution in [1.29, 1.82) is 0 Å². The minimum Gasteiger partial charge on any atom is -0.411 e. The molecule has 0 amide bonds. The maximum absolute atomic E-state index is 8.60. The highest BCUT2D eigenvalue weighted by Crippen LogP contribution is 2.11. The van der Waals surface area contributed by atoms with Crippen LogP contribution < -0.4 is 0 Å². The molecule has 0 radical (unpaired) electrons. The second kappa shape index (κ2) is 4.12. The van der Waals surface area contributed by atoms with Crippen molar-refractivity contribution in [2.75, 3.05) is 0 Å². The van der Waals surface area contributed by atoms with E-state index in [9.17, 15) is 0 Å². The summed E-state index contributed by atoms with van der Waals surface area (Å²) in [5.74, 6) is 0. The molecule has 0 aromatic heterocycles. The van der Waals surface area contributed by atoms with Crippen molar-refractivity contribution >= 4 is 17.3 Å². The predicted molar refractivity (Wildman–Crippen MR) is 50.1 cm³/mol. The Kier molecular flexibility index (Phi) is 3.11. The summed E-state index contributed by atoms with van der Waals surface area (Å²) in [6, 6.07) is 7.22. The number of oxime groups is 1. The van der Waals surface area contributed by atoms with Gasteiger partial charge in [0.2, 0.25) is 0 Å². The molecule has 64 valence electrons. The quantitative estimate of drug-likeness (QED) is 0.427. The molecule has 1 N–H and O–H groups in total. The second-order valence-electron chi connectivity index (χ2n) is 2.41. The second-order valence-corrected chi connectivity index (χ2v) is 2.84. The van der Waals surface area contributed by atoms with Crippen LogP contribution in [0.3, 0.4) is 0 Å². The third-order valence-corrected chi connectivity index (χ3v) is 1.89. The number of nitrogens with zero attached hydrogens (tertiary/aromatic N) is 1. The molecule has 1 rings (SSSR count). The minimum absolute atomic E-state index is 0.673. The van der Waals surface area contributed by atoms with Gasteiger partial charge in [0.15, 0.2) is 0 Å². The first-order chi connectivity index (χ1) is 5.77. The van der Waals surface area contributed by atoms with Crippen LogP contribution in [0.2, 0.25) is 5.02 Å². The maximum atomic E-state index is 8.60. The summed E-state index contributed by atoms with van der Waals surface area (Å²) in [6.07, 6.45) is 0.706. The maximum Gasteiger partial charge on any atom is 0.0865 e. The Morgan fingerprint density at radius 1 is 1.42 bits per heavy atom. The molecule has 0 heterocycles. The first-order valence-electron chi connectivity index (χ1n) is 3.74. The third-order valence-electron chi connectivity index (χ3n) is 1.63. The fourth-order valence-corrected chi connectivity index (χ4v) is 1.10. The van der Waals surface area contributed by atoms with E-state index in [1.165, 1.54) is 0 Å². The van der Waals surface area contributed by atoms with Gasteiger partial charge in [0, 0.05) is 5.02 Å². The van der Waals surface area contributed by atoms with E-state index in [1.807, 2.05) is 19.1 Å². The van der Waals surface area contributed by atoms with Crippen LogP contribution in [0.5, 0.6) is 0 Å². The SMILES string of the molecule is CC/C(=N\O)c1ccc(Cl)cc1. The van der Waals surface area contributed by atoms with E-state index in [2.05, 4.69) is 5.16 Å². The van der Waals surface area contributed by atoms with Crippen LogP contribution in [0.15, 0.2) is 29.4 Å². The number of halogens is 1. The van der Waals surface area contributed by atoms with Gasteiger partial charge in [-0.15, -0.1) is 0 Å². The molecule has 3 heteroatoms. The Hall–Kier alpha value is -1.02. The summed E-state index contributed by atoms with van der Waals surface area (Å²) in [5, 5.41) is 12.5. The van der Waals surface area contributed by atoms with Gasteiger partial charge in [-0.3, -0.25) is 0 Å². The van der Waals surface area contributed by atoms with E-state index in [1.54, 1.807) is 12.1 Å². The van der Waals surface area contributed by atoms with Crippen LogP contribution in [0.25, 0.3) is 0 Å². The van der Waals surface area contributed by atoms with Gasteiger partial charge in [0.25, 0.3) is 0 Å². The van der Waals surface area contributed by atoms with Crippen molar-refractivity contribution in [2.24, 2.45) is 5.16 Å². The van der Waals surface area contributed by atoms with Gasteiger partial charge >= 0.3 is 0 Å². The van der Waals surface area contributed by atoms with Crippen LogP contribution in [0, 0.1) is 0 Å². The number of rotatable bonds is 2. The van der Waals surface area contributed by atoms with E-state index in [0.717, 1.165) is 5.56 Å². The molecule has 0 spiro atoms. The largest absolute Gasteiger partial charge is 0.411 e. The van der Waals surface area contributed by atoms with Gasteiger partial charge in [0.05, 0.1) is 5.71 Å². The van der Waals surface area contributed by atoms with Crippen molar-refractivity contribution in [3.05, 3.63) is 34.9 Å². The van der Waals surface area contributed by atoms with E-state index >= 15 is 0 Å². The first kappa shape index (κ1) is 9.07. The van der Waals surface area contributed by atoms with Crippen LogP contribution in [-0.2, 0) is 0 Å². The molecule has 0 atom stereocenters. The van der Waals surface area contributed by atoms with Gasteiger partial charge in [-0.2, -0.15) is 0 Å². The molecule has 0 aliphatic carbocycles. The lowest BCUT2D eigenvalue weighted by molar-refractivity contribution is 0.318. The Labute approximate surface area is 76.5 Å². The Morgan fingerprint density at radius 3 is 2.42 bits per heavy atom. The summed E-state index contributed by atoms with van der Waals surface area (Å²) in [7, 11) is 0. The summed E-state index contributed by atoms with van der Waals surface area (Å²) in [5.41, 5.74) is 1.58. The van der Waals surface area contributed by atoms with Crippen molar-refractivity contribution in [2.45, 2.75) is 13.3 Å². The van der Waals surface area contributed by atoms with Crippen LogP contribution in [0.4, 0.5) is 0 Å². The molecular weight excluding hydrogens is 174 g/mol. The van der Waals surface area contributed by atoms with Gasteiger partial charge in [0.1, 0.15) is 0 Å². The van der Waals surface area contributed by atoms with Crippen molar-refractivity contribution < 1.29 is 5.21 Å². The zero-order chi connectivity index (χ0) is 8.97. The molecule has 12 heavy (non-hydrogen) atoms. The Morgan fingerprint density at radius 2 is 2.00 bits per heavy atom. The predicted octanol–water partition coefficient (Wildman–Crippen LogP) is 2.93. The zero-order valence-corrected chi connectivity index (χ0v) is 7.54. The average molecular weight is 184 g/mol. The monoisotopic (exact) mass is 183 g/mol. The minimum atomic E-state index is 0.673. The van der Waals surface area contributed by atoms with E-state index in [-0.39, 0.29) is 0 Å². The Balaban J connectivity index is 2.96. The summed E-state index contributed by atoms with van der Waals surface area (Å²) in [6.45, 7) is 1.93. The molecule has 0 unspecified atom stereocenters. The highest BCUT2D eigenvalue weighted by Gasteiger charge is 1.99. The molecule has 2 nitrogen and oxygen atoms in total. The first-order valence-corrected chi connectivity index (χ1v) is 4.12. The topological polar surface area (TPSA) is 32.6 Å².